The van der Waals surface area contributed by atoms with Gasteiger partial charge in [-0.3, -0.25) is 9.59 Å². The summed E-state index contributed by atoms with van der Waals surface area (Å²) in [6.45, 7) is 1.59. The van der Waals surface area contributed by atoms with Gasteiger partial charge in [0.25, 0.3) is 0 Å². The molecule has 3 rings (SSSR count). The number of carbonyl (C=O) groups is 2. The van der Waals surface area contributed by atoms with Crippen molar-refractivity contribution in [3.63, 3.8) is 0 Å². The number of benzene rings is 1. The highest BCUT2D eigenvalue weighted by Gasteiger charge is 2.26. The molecule has 2 amide bonds. The minimum atomic E-state index is -0.371. The lowest BCUT2D eigenvalue weighted by atomic mass is 9.95. The van der Waals surface area contributed by atoms with Gasteiger partial charge in [0.2, 0.25) is 11.8 Å². The Morgan fingerprint density at radius 2 is 1.92 bits per heavy atom. The first-order chi connectivity index (χ1) is 12.6. The molecule has 0 saturated carbocycles. The van der Waals surface area contributed by atoms with E-state index in [1.54, 1.807) is 24.2 Å². The van der Waals surface area contributed by atoms with E-state index in [4.69, 9.17) is 5.73 Å². The van der Waals surface area contributed by atoms with Gasteiger partial charge in [-0.15, -0.1) is 11.8 Å². The summed E-state index contributed by atoms with van der Waals surface area (Å²) in [6.07, 6.45) is 7.68. The van der Waals surface area contributed by atoms with Gasteiger partial charge in [0, 0.05) is 36.3 Å². The fourth-order valence-corrected chi connectivity index (χ4v) is 3.81. The van der Waals surface area contributed by atoms with Gasteiger partial charge in [0.15, 0.2) is 0 Å². The van der Waals surface area contributed by atoms with Gasteiger partial charge in [-0.1, -0.05) is 12.1 Å². The number of piperidine rings is 1. The first kappa shape index (κ1) is 18.5. The van der Waals surface area contributed by atoms with E-state index in [0.717, 1.165) is 37.3 Å². The van der Waals surface area contributed by atoms with E-state index in [9.17, 15) is 9.59 Å². The summed E-state index contributed by atoms with van der Waals surface area (Å²) < 4.78 is 1.82. The van der Waals surface area contributed by atoms with Gasteiger partial charge in [-0.25, -0.2) is 4.98 Å². The Labute approximate surface area is 157 Å². The van der Waals surface area contributed by atoms with Gasteiger partial charge >= 0.3 is 0 Å². The Morgan fingerprint density at radius 1 is 1.23 bits per heavy atom. The second-order valence-corrected chi connectivity index (χ2v) is 7.44. The Hall–Kier alpha value is -2.28. The topological polar surface area (TPSA) is 81.2 Å². The molecule has 0 atom stereocenters. The largest absolute Gasteiger partial charge is 0.368 e. The molecule has 1 aliphatic heterocycles. The van der Waals surface area contributed by atoms with Gasteiger partial charge in [-0.05, 0) is 36.8 Å². The molecule has 0 bridgehead atoms. The molecule has 0 unspecified atom stereocenters. The van der Waals surface area contributed by atoms with E-state index in [2.05, 4.69) is 17.1 Å². The molecular formula is C19H24N4O2S. The van der Waals surface area contributed by atoms with Crippen LogP contribution in [0.15, 0.2) is 41.6 Å². The third-order valence-electron chi connectivity index (χ3n) is 4.80. The highest BCUT2D eigenvalue weighted by Crippen LogP contribution is 2.27. The van der Waals surface area contributed by atoms with E-state index >= 15 is 0 Å². The second-order valence-electron chi connectivity index (χ2n) is 6.56. The van der Waals surface area contributed by atoms with Crippen LogP contribution in [0.5, 0.6) is 0 Å². The van der Waals surface area contributed by atoms with Crippen molar-refractivity contribution >= 4 is 23.6 Å². The van der Waals surface area contributed by atoms with Crippen molar-refractivity contribution in [2.45, 2.75) is 36.6 Å². The van der Waals surface area contributed by atoms with E-state index < -0.39 is 0 Å². The summed E-state index contributed by atoms with van der Waals surface area (Å²) in [6, 6.07) is 8.16. The van der Waals surface area contributed by atoms with E-state index in [1.165, 1.54) is 4.90 Å². The average molecular weight is 372 g/mol. The van der Waals surface area contributed by atoms with Crippen molar-refractivity contribution in [3.8, 4) is 0 Å². The zero-order chi connectivity index (χ0) is 18.5. The molecule has 0 spiro atoms. The van der Waals surface area contributed by atoms with E-state index in [1.807, 2.05) is 27.9 Å². The molecule has 0 radical (unpaired) electrons. The SMILES string of the molecule is CSc1ccc(CC(=O)N2CCC(c3nccn3CC(N)=O)CC2)cc1. The third-order valence-corrected chi connectivity index (χ3v) is 5.54. The number of carbonyl (C=O) groups excluding carboxylic acids is 2. The lowest BCUT2D eigenvalue weighted by molar-refractivity contribution is -0.131. The quantitative estimate of drug-likeness (QED) is 0.787. The number of amides is 2. The molecule has 2 aromatic rings. The molecule has 7 heteroatoms. The number of hydrogen-bond donors (Lipinski definition) is 1. The van der Waals surface area contributed by atoms with Crippen LogP contribution in [0.3, 0.4) is 0 Å². The molecule has 1 saturated heterocycles. The van der Waals surface area contributed by atoms with Crippen molar-refractivity contribution in [1.29, 1.82) is 0 Å². The molecule has 1 aliphatic rings. The highest BCUT2D eigenvalue weighted by atomic mass is 32.2. The maximum Gasteiger partial charge on any atom is 0.237 e. The van der Waals surface area contributed by atoms with Crippen molar-refractivity contribution in [3.05, 3.63) is 48.0 Å². The number of likely N-dealkylation sites (tertiary alicyclic amines) is 1. The van der Waals surface area contributed by atoms with Crippen LogP contribution in [0.4, 0.5) is 0 Å². The Balaban J connectivity index is 1.55. The lowest BCUT2D eigenvalue weighted by Gasteiger charge is -2.32. The van der Waals surface area contributed by atoms with Gasteiger partial charge in [0.05, 0.1) is 6.42 Å². The first-order valence-electron chi connectivity index (χ1n) is 8.77. The van der Waals surface area contributed by atoms with Crippen LogP contribution in [0.25, 0.3) is 0 Å². The molecule has 0 aliphatic carbocycles. The normalized spacial score (nSPS) is 15.2. The van der Waals surface area contributed by atoms with Crippen LogP contribution in [-0.2, 0) is 22.6 Å². The Kier molecular flexibility index (Phi) is 5.98. The van der Waals surface area contributed by atoms with Crippen LogP contribution in [0.1, 0.15) is 30.1 Å². The fourth-order valence-electron chi connectivity index (χ4n) is 3.40. The van der Waals surface area contributed by atoms with Crippen LogP contribution in [-0.4, -0.2) is 45.6 Å². The van der Waals surface area contributed by atoms with Crippen molar-refractivity contribution in [2.24, 2.45) is 5.73 Å². The molecule has 138 valence electrons. The number of imidazole rings is 1. The molecule has 1 aromatic carbocycles. The summed E-state index contributed by atoms with van der Waals surface area (Å²) in [7, 11) is 0. The first-order valence-corrected chi connectivity index (χ1v) is 9.99. The number of hydrogen-bond acceptors (Lipinski definition) is 4. The standard InChI is InChI=1S/C19H24N4O2S/c1-26-16-4-2-14(3-5-16)12-18(25)22-9-6-15(7-10-22)19-21-8-11-23(19)13-17(20)24/h2-5,8,11,15H,6-7,9-10,12-13H2,1H3,(H2,20,24). The monoisotopic (exact) mass is 372 g/mol. The number of primary amides is 1. The van der Waals surface area contributed by atoms with Crippen LogP contribution >= 0.6 is 11.8 Å². The van der Waals surface area contributed by atoms with Crippen molar-refractivity contribution < 1.29 is 9.59 Å². The number of rotatable bonds is 6. The Bertz CT molecular complexity index is 764. The second kappa shape index (κ2) is 8.40. The predicted molar refractivity (Wildman–Crippen MR) is 102 cm³/mol. The van der Waals surface area contributed by atoms with Crippen molar-refractivity contribution in [2.75, 3.05) is 19.3 Å². The average Bonchev–Trinajstić information content (AvgIpc) is 3.10. The summed E-state index contributed by atoms with van der Waals surface area (Å²) in [5.41, 5.74) is 6.34. The fraction of sp³-hybridized carbons (Fsp3) is 0.421. The number of aromatic nitrogens is 2. The lowest BCUT2D eigenvalue weighted by Crippen LogP contribution is -2.39. The molecule has 1 fully saturated rings. The Morgan fingerprint density at radius 3 is 2.54 bits per heavy atom. The molecule has 2 heterocycles. The highest BCUT2D eigenvalue weighted by molar-refractivity contribution is 7.98. The maximum atomic E-state index is 12.6. The zero-order valence-corrected chi connectivity index (χ0v) is 15.7. The number of thioether (sulfide) groups is 1. The number of nitrogens with zero attached hydrogens (tertiary/aromatic N) is 3. The van der Waals surface area contributed by atoms with Crippen LogP contribution < -0.4 is 5.73 Å². The summed E-state index contributed by atoms with van der Waals surface area (Å²) in [5, 5.41) is 0. The maximum absolute atomic E-state index is 12.6. The number of nitrogens with two attached hydrogens (primary N) is 1. The van der Waals surface area contributed by atoms with Crippen LogP contribution in [0.2, 0.25) is 0 Å². The van der Waals surface area contributed by atoms with E-state index in [-0.39, 0.29) is 24.3 Å². The van der Waals surface area contributed by atoms with Gasteiger partial charge < -0.3 is 15.2 Å². The predicted octanol–water partition coefficient (Wildman–Crippen LogP) is 2.04. The molecular weight excluding hydrogens is 348 g/mol. The van der Waals surface area contributed by atoms with E-state index in [0.29, 0.717) is 6.42 Å². The summed E-state index contributed by atoms with van der Waals surface area (Å²) in [5.74, 6) is 0.947. The third kappa shape index (κ3) is 4.46. The van der Waals surface area contributed by atoms with Crippen LogP contribution in [0, 0.1) is 0 Å². The molecule has 26 heavy (non-hydrogen) atoms. The smallest absolute Gasteiger partial charge is 0.237 e. The zero-order valence-electron chi connectivity index (χ0n) is 14.9. The van der Waals surface area contributed by atoms with Gasteiger partial charge in [0.1, 0.15) is 12.4 Å². The molecule has 6 nitrogen and oxygen atoms in total. The summed E-state index contributed by atoms with van der Waals surface area (Å²) >= 11 is 1.70. The van der Waals surface area contributed by atoms with Gasteiger partial charge in [-0.2, -0.15) is 0 Å². The minimum Gasteiger partial charge on any atom is -0.368 e. The molecule has 1 aromatic heterocycles. The molecule has 2 N–H and O–H groups in total. The summed E-state index contributed by atoms with van der Waals surface area (Å²) in [4.78, 5) is 31.3. The van der Waals surface area contributed by atoms with Crippen molar-refractivity contribution in [1.82, 2.24) is 14.5 Å². The minimum absolute atomic E-state index is 0.153.